The summed E-state index contributed by atoms with van der Waals surface area (Å²) in [6.07, 6.45) is 1.99. The van der Waals surface area contributed by atoms with Crippen molar-refractivity contribution in [3.8, 4) is 39.5 Å². The minimum atomic E-state index is -0.561. The highest BCUT2D eigenvalue weighted by Crippen LogP contribution is 2.43. The molecule has 2 fully saturated rings. The molecule has 3 aliphatic rings. The second-order valence-electron chi connectivity index (χ2n) is 14.0. The highest BCUT2D eigenvalue weighted by molar-refractivity contribution is 6.39. The summed E-state index contributed by atoms with van der Waals surface area (Å²) in [5, 5.41) is 3.95. The molecule has 48 heavy (non-hydrogen) atoms. The molecule has 3 aliphatic heterocycles. The number of methoxy groups -OCH3 is 1. The van der Waals surface area contributed by atoms with Crippen molar-refractivity contribution in [2.75, 3.05) is 26.7 Å². The highest BCUT2D eigenvalue weighted by Gasteiger charge is 2.48. The quantitative estimate of drug-likeness (QED) is 0.226. The van der Waals surface area contributed by atoms with E-state index in [0.29, 0.717) is 53.4 Å². The number of fused-ring (bicyclic) bond motifs is 1. The first-order chi connectivity index (χ1) is 22.9. The fourth-order valence-electron chi connectivity index (χ4n) is 6.93. The van der Waals surface area contributed by atoms with Gasteiger partial charge >= 0.3 is 6.09 Å². The van der Waals surface area contributed by atoms with Gasteiger partial charge in [0, 0.05) is 85.1 Å². The summed E-state index contributed by atoms with van der Waals surface area (Å²) < 4.78 is 11.3. The number of carbonyl (C=O) groups is 2. The zero-order valence-electron chi connectivity index (χ0n) is 27.4. The molecule has 0 bridgehead atoms. The Hall–Kier alpha value is -4.18. The summed E-state index contributed by atoms with van der Waals surface area (Å²) in [5.41, 5.74) is 7.01. The Bertz CT molecular complexity index is 1940. The van der Waals surface area contributed by atoms with Crippen LogP contribution in [0.5, 0.6) is 5.88 Å². The Morgan fingerprint density at radius 2 is 1.73 bits per heavy atom. The first kappa shape index (κ1) is 32.4. The zero-order chi connectivity index (χ0) is 33.8. The van der Waals surface area contributed by atoms with Gasteiger partial charge in [-0.2, -0.15) is 0 Å². The molecule has 4 aromatic rings. The molecule has 0 atom stereocenters. The number of amides is 2. The first-order valence-electron chi connectivity index (χ1n) is 16.0. The van der Waals surface area contributed by atoms with Gasteiger partial charge < -0.3 is 14.8 Å². The van der Waals surface area contributed by atoms with Crippen molar-refractivity contribution in [3.63, 3.8) is 0 Å². The molecule has 2 aromatic carbocycles. The smallest absolute Gasteiger partial charge is 0.410 e. The fraction of sp³-hybridized carbons (Fsp3) is 0.351. The number of nitrogens with zero attached hydrogens (tertiary/aromatic N) is 4. The normalized spacial score (nSPS) is 16.9. The van der Waals surface area contributed by atoms with E-state index in [2.05, 4.69) is 15.2 Å². The predicted octanol–water partition coefficient (Wildman–Crippen LogP) is 7.37. The van der Waals surface area contributed by atoms with Gasteiger partial charge in [0.2, 0.25) is 11.8 Å². The van der Waals surface area contributed by atoms with E-state index < -0.39 is 5.60 Å². The minimum Gasteiger partial charge on any atom is -0.481 e. The number of hydrogen-bond donors (Lipinski definition) is 1. The van der Waals surface area contributed by atoms with Crippen LogP contribution in [0.3, 0.4) is 0 Å². The summed E-state index contributed by atoms with van der Waals surface area (Å²) in [4.78, 5) is 37.9. The molecule has 5 heterocycles. The molecule has 0 aliphatic carbocycles. The van der Waals surface area contributed by atoms with Crippen molar-refractivity contribution >= 4 is 35.2 Å². The Morgan fingerprint density at radius 3 is 2.46 bits per heavy atom. The first-order valence-corrected chi connectivity index (χ1v) is 16.7. The van der Waals surface area contributed by atoms with Crippen LogP contribution in [0.2, 0.25) is 10.0 Å². The number of rotatable bonds is 6. The maximum atomic E-state index is 12.7. The number of ether oxygens (including phenoxy) is 2. The maximum Gasteiger partial charge on any atom is 0.410 e. The van der Waals surface area contributed by atoms with Crippen LogP contribution in [0, 0.1) is 5.41 Å². The second-order valence-corrected chi connectivity index (χ2v) is 14.7. The number of benzene rings is 2. The van der Waals surface area contributed by atoms with E-state index in [1.807, 2.05) is 75.4 Å². The largest absolute Gasteiger partial charge is 0.481 e. The van der Waals surface area contributed by atoms with Gasteiger partial charge in [0.1, 0.15) is 5.60 Å². The molecule has 11 heteroatoms. The molecule has 1 spiro atoms. The van der Waals surface area contributed by atoms with Gasteiger partial charge in [0.15, 0.2) is 0 Å². The average molecular weight is 687 g/mol. The number of pyridine rings is 2. The summed E-state index contributed by atoms with van der Waals surface area (Å²) in [5.74, 6) is 0.680. The van der Waals surface area contributed by atoms with Crippen LogP contribution in [-0.4, -0.2) is 64.1 Å². The molecule has 248 valence electrons. The zero-order valence-corrected chi connectivity index (χ0v) is 28.9. The molecule has 2 saturated heterocycles. The molecule has 0 unspecified atom stereocenters. The second kappa shape index (κ2) is 12.4. The van der Waals surface area contributed by atoms with Gasteiger partial charge in [-0.1, -0.05) is 59.6 Å². The lowest BCUT2D eigenvalue weighted by Gasteiger charge is -2.47. The molecule has 7 rings (SSSR count). The van der Waals surface area contributed by atoms with Crippen molar-refractivity contribution < 1.29 is 19.1 Å². The van der Waals surface area contributed by atoms with Crippen LogP contribution in [0.1, 0.15) is 43.9 Å². The maximum absolute atomic E-state index is 12.7. The number of likely N-dealkylation sites (tertiary alicyclic amines) is 1. The van der Waals surface area contributed by atoms with Gasteiger partial charge in [0.25, 0.3) is 0 Å². The lowest BCUT2D eigenvalue weighted by Crippen LogP contribution is -2.56. The van der Waals surface area contributed by atoms with E-state index in [1.54, 1.807) is 18.2 Å². The average Bonchev–Trinajstić information content (AvgIpc) is 3.64. The predicted molar refractivity (Wildman–Crippen MR) is 186 cm³/mol. The standard InChI is InChI=1S/C37H37Cl2N5O4/c1-36(2,3)48-35(46)44-17-23-9-8-22(14-25(23)18-44)33-32(39)27(12-13-40-33)26-6-5-7-28(31(26)38)29-11-10-24(34(42-29)47-4)16-43-20-37(21-43)15-30(45)41-19-37/h5-14H,15-21H2,1-4H3,(H,41,45). The molecule has 9 nitrogen and oxygen atoms in total. The topological polar surface area (TPSA) is 96.9 Å². The van der Waals surface area contributed by atoms with Crippen LogP contribution in [0.25, 0.3) is 33.6 Å². The molecule has 2 aromatic heterocycles. The molecule has 2 amide bonds. The van der Waals surface area contributed by atoms with Gasteiger partial charge in [-0.05, 0) is 50.1 Å². The van der Waals surface area contributed by atoms with Gasteiger partial charge in [0.05, 0.1) is 28.5 Å². The lowest BCUT2D eigenvalue weighted by atomic mass is 9.79. The van der Waals surface area contributed by atoms with E-state index in [1.165, 1.54) is 0 Å². The molecule has 0 radical (unpaired) electrons. The van der Waals surface area contributed by atoms with Crippen molar-refractivity contribution in [3.05, 3.63) is 87.5 Å². The van der Waals surface area contributed by atoms with Crippen molar-refractivity contribution in [1.82, 2.24) is 25.1 Å². The van der Waals surface area contributed by atoms with E-state index in [9.17, 15) is 9.59 Å². The van der Waals surface area contributed by atoms with E-state index in [0.717, 1.165) is 58.6 Å². The van der Waals surface area contributed by atoms with Crippen LogP contribution >= 0.6 is 23.2 Å². The van der Waals surface area contributed by atoms with E-state index in [4.69, 9.17) is 37.7 Å². The molecule has 0 saturated carbocycles. The highest BCUT2D eigenvalue weighted by atomic mass is 35.5. The van der Waals surface area contributed by atoms with Crippen molar-refractivity contribution in [1.29, 1.82) is 0 Å². The van der Waals surface area contributed by atoms with E-state index >= 15 is 0 Å². The Morgan fingerprint density at radius 1 is 0.979 bits per heavy atom. The number of nitrogens with one attached hydrogen (secondary N) is 1. The molecular formula is C37H37Cl2N5O4. The summed E-state index contributed by atoms with van der Waals surface area (Å²) in [6, 6.07) is 17.7. The van der Waals surface area contributed by atoms with Gasteiger partial charge in [-0.15, -0.1) is 0 Å². The number of hydrogen-bond acceptors (Lipinski definition) is 7. The van der Waals surface area contributed by atoms with Gasteiger partial charge in [-0.25, -0.2) is 9.78 Å². The lowest BCUT2D eigenvalue weighted by molar-refractivity contribution is -0.120. The third-order valence-corrected chi connectivity index (χ3v) is 9.94. The summed E-state index contributed by atoms with van der Waals surface area (Å²) in [7, 11) is 1.62. The SMILES string of the molecule is COc1nc(-c2cccc(-c3ccnc(-c4ccc5c(c4)CN(C(=O)OC(C)(C)C)C5)c3Cl)c2Cl)ccc1CN1CC2(CNC(=O)C2)C1. The van der Waals surface area contributed by atoms with Crippen LogP contribution in [0.15, 0.2) is 60.8 Å². The number of aromatic nitrogens is 2. The third kappa shape index (κ3) is 6.22. The Balaban J connectivity index is 1.12. The van der Waals surface area contributed by atoms with Crippen LogP contribution < -0.4 is 10.1 Å². The Kier molecular flexibility index (Phi) is 8.34. The summed E-state index contributed by atoms with van der Waals surface area (Å²) >= 11 is 14.2. The molecular weight excluding hydrogens is 649 g/mol. The summed E-state index contributed by atoms with van der Waals surface area (Å²) in [6.45, 7) is 9.71. The van der Waals surface area contributed by atoms with Crippen molar-refractivity contribution in [2.24, 2.45) is 5.41 Å². The molecule has 1 N–H and O–H groups in total. The number of carbonyl (C=O) groups excluding carboxylic acids is 2. The number of halogens is 2. The monoisotopic (exact) mass is 685 g/mol. The van der Waals surface area contributed by atoms with Crippen LogP contribution in [0.4, 0.5) is 4.79 Å². The van der Waals surface area contributed by atoms with Crippen LogP contribution in [-0.2, 0) is 29.2 Å². The van der Waals surface area contributed by atoms with Crippen molar-refractivity contribution in [2.45, 2.75) is 52.4 Å². The van der Waals surface area contributed by atoms with E-state index in [-0.39, 0.29) is 17.4 Å². The minimum absolute atomic E-state index is 0.0588. The fourth-order valence-corrected chi connectivity index (χ4v) is 7.58. The van der Waals surface area contributed by atoms with Gasteiger partial charge in [-0.3, -0.25) is 19.6 Å². The third-order valence-electron chi connectivity index (χ3n) is 9.15. The Labute approximate surface area is 290 Å².